The van der Waals surface area contributed by atoms with Crippen molar-refractivity contribution in [3.63, 3.8) is 0 Å². The van der Waals surface area contributed by atoms with E-state index in [1.807, 2.05) is 18.2 Å². The van der Waals surface area contributed by atoms with Gasteiger partial charge in [-0.05, 0) is 73.9 Å². The number of H-pyrrole nitrogens is 1. The normalized spacial score (nSPS) is 17.4. The molecular formula is C26H33N7. The molecule has 1 fully saturated rings. The average Bonchev–Trinajstić information content (AvgIpc) is 3.43. The van der Waals surface area contributed by atoms with Crippen molar-refractivity contribution in [3.8, 4) is 0 Å². The van der Waals surface area contributed by atoms with Gasteiger partial charge in [0.25, 0.3) is 0 Å². The molecule has 7 N–H and O–H groups in total. The van der Waals surface area contributed by atoms with Crippen LogP contribution in [-0.4, -0.2) is 55.5 Å². The summed E-state index contributed by atoms with van der Waals surface area (Å²) < 4.78 is 0. The average molecular weight is 444 g/mol. The Morgan fingerprint density at radius 1 is 1.27 bits per heavy atom. The minimum absolute atomic E-state index is 0.348. The van der Waals surface area contributed by atoms with Gasteiger partial charge in [0, 0.05) is 60.3 Å². The number of nitrogen functional groups attached to an aromatic ring is 1. The lowest BCUT2D eigenvalue weighted by atomic mass is 9.99. The summed E-state index contributed by atoms with van der Waals surface area (Å²) in [5.74, 6) is 0.734. The van der Waals surface area contributed by atoms with Crippen LogP contribution < -0.4 is 16.8 Å². The number of nitrogens with two attached hydrogens (primary N) is 2. The van der Waals surface area contributed by atoms with Crippen molar-refractivity contribution in [2.24, 2.45) is 16.6 Å². The summed E-state index contributed by atoms with van der Waals surface area (Å²) >= 11 is 0. The van der Waals surface area contributed by atoms with Crippen LogP contribution in [0.15, 0.2) is 53.7 Å². The number of likely N-dealkylation sites (tertiary alicyclic amines) is 1. The van der Waals surface area contributed by atoms with Crippen LogP contribution in [0.4, 0.5) is 5.69 Å². The molecule has 0 bridgehead atoms. The first kappa shape index (κ1) is 22.8. The summed E-state index contributed by atoms with van der Waals surface area (Å²) in [6, 6.07) is 14.0. The number of allylic oxidation sites excluding steroid dienone is 1. The second-order valence-electron chi connectivity index (χ2n) is 8.84. The van der Waals surface area contributed by atoms with E-state index in [2.05, 4.69) is 45.4 Å². The number of hydrogen-bond donors (Lipinski definition) is 5. The van der Waals surface area contributed by atoms with E-state index >= 15 is 0 Å². The monoisotopic (exact) mass is 443 g/mol. The van der Waals surface area contributed by atoms with E-state index in [-0.39, 0.29) is 0 Å². The first-order valence-electron chi connectivity index (χ1n) is 11.3. The minimum Gasteiger partial charge on any atom is -0.404 e. The van der Waals surface area contributed by atoms with Gasteiger partial charge in [0.05, 0.1) is 11.4 Å². The number of benzene rings is 2. The van der Waals surface area contributed by atoms with Gasteiger partial charge >= 0.3 is 0 Å². The van der Waals surface area contributed by atoms with Crippen molar-refractivity contribution < 1.29 is 0 Å². The van der Waals surface area contributed by atoms with Crippen molar-refractivity contribution in [1.82, 2.24) is 15.2 Å². The topological polar surface area (TPSA) is 119 Å². The fourth-order valence-corrected chi connectivity index (χ4v) is 4.49. The SMILES string of the molecule is CN=C/C(=C\N)c1ccc(N)c(C(=N)c2cc3cc(CNCC4CCN(C)C4)ccc3[nH]2)c1. The van der Waals surface area contributed by atoms with Crippen LogP contribution in [0.1, 0.15) is 28.8 Å². The maximum absolute atomic E-state index is 8.81. The maximum Gasteiger partial charge on any atom is 0.0868 e. The van der Waals surface area contributed by atoms with Gasteiger partial charge in [0.15, 0.2) is 0 Å². The maximum atomic E-state index is 8.81. The van der Waals surface area contributed by atoms with Crippen molar-refractivity contribution in [3.05, 3.63) is 71.0 Å². The van der Waals surface area contributed by atoms with Crippen LogP contribution in [-0.2, 0) is 6.54 Å². The second kappa shape index (κ2) is 10.0. The van der Waals surface area contributed by atoms with E-state index in [0.717, 1.165) is 46.7 Å². The minimum atomic E-state index is 0.348. The zero-order valence-electron chi connectivity index (χ0n) is 19.4. The highest BCUT2D eigenvalue weighted by atomic mass is 15.1. The van der Waals surface area contributed by atoms with Crippen LogP contribution in [0.25, 0.3) is 16.5 Å². The molecular weight excluding hydrogens is 410 g/mol. The van der Waals surface area contributed by atoms with Gasteiger partial charge in [0.2, 0.25) is 0 Å². The molecule has 7 heteroatoms. The lowest BCUT2D eigenvalue weighted by Gasteiger charge is -2.11. The Kier molecular flexibility index (Phi) is 6.91. The molecule has 3 aromatic rings. The Hall–Kier alpha value is -3.42. The summed E-state index contributed by atoms with van der Waals surface area (Å²) in [5.41, 5.74) is 18.2. The van der Waals surface area contributed by atoms with E-state index in [9.17, 15) is 0 Å². The lowest BCUT2D eigenvalue weighted by Crippen LogP contribution is -2.24. The molecule has 1 saturated heterocycles. The number of nitrogens with zero attached hydrogens (tertiary/aromatic N) is 2. The van der Waals surface area contributed by atoms with Crippen molar-refractivity contribution in [1.29, 1.82) is 5.41 Å². The summed E-state index contributed by atoms with van der Waals surface area (Å²) in [6.07, 6.45) is 4.47. The first-order chi connectivity index (χ1) is 16.0. The molecule has 0 aliphatic carbocycles. The van der Waals surface area contributed by atoms with E-state index < -0.39 is 0 Å². The molecule has 1 unspecified atom stereocenters. The highest BCUT2D eigenvalue weighted by Crippen LogP contribution is 2.24. The molecule has 1 aliphatic heterocycles. The molecule has 172 valence electrons. The highest BCUT2D eigenvalue weighted by molar-refractivity contribution is 6.16. The standard InChI is InChI=1S/C26H33N7/c1-30-15-21(12-27)19-4-5-23(28)22(10-19)26(29)25-11-20-9-17(3-6-24(20)32-25)13-31-14-18-7-8-33(2)16-18/h3-6,9-12,15,18,29,31-32H,7-8,13-14,16,27-28H2,1-2H3/b21-12+,29-26?,30-15?. The predicted octanol–water partition coefficient (Wildman–Crippen LogP) is 3.21. The van der Waals surface area contributed by atoms with Gasteiger partial charge in [-0.2, -0.15) is 0 Å². The van der Waals surface area contributed by atoms with Crippen LogP contribution in [0.2, 0.25) is 0 Å². The molecule has 0 amide bonds. The fourth-order valence-electron chi connectivity index (χ4n) is 4.49. The van der Waals surface area contributed by atoms with Gasteiger partial charge in [-0.25, -0.2) is 0 Å². The Bertz CT molecular complexity index is 1200. The molecule has 0 saturated carbocycles. The lowest BCUT2D eigenvalue weighted by molar-refractivity contribution is 0.388. The van der Waals surface area contributed by atoms with Gasteiger partial charge in [-0.15, -0.1) is 0 Å². The summed E-state index contributed by atoms with van der Waals surface area (Å²) in [6.45, 7) is 4.26. The molecule has 0 radical (unpaired) electrons. The zero-order valence-corrected chi connectivity index (χ0v) is 19.4. The molecule has 4 rings (SSSR count). The van der Waals surface area contributed by atoms with Crippen LogP contribution in [0.3, 0.4) is 0 Å². The quantitative estimate of drug-likeness (QED) is 0.271. The number of aromatic nitrogens is 1. The molecule has 7 nitrogen and oxygen atoms in total. The molecule has 1 aromatic heterocycles. The number of nitrogens with one attached hydrogen (secondary N) is 3. The smallest absolute Gasteiger partial charge is 0.0868 e. The molecule has 2 aromatic carbocycles. The van der Waals surface area contributed by atoms with Crippen molar-refractivity contribution >= 4 is 34.1 Å². The largest absolute Gasteiger partial charge is 0.404 e. The third-order valence-electron chi connectivity index (χ3n) is 6.31. The third-order valence-corrected chi connectivity index (χ3v) is 6.31. The van der Waals surface area contributed by atoms with Crippen molar-refractivity contribution in [2.75, 3.05) is 39.5 Å². The third kappa shape index (κ3) is 5.16. The Labute approximate surface area is 195 Å². The molecule has 1 atom stereocenters. The molecule has 1 aliphatic rings. The van der Waals surface area contributed by atoms with Crippen LogP contribution in [0, 0.1) is 11.3 Å². The Balaban J connectivity index is 1.51. The highest BCUT2D eigenvalue weighted by Gasteiger charge is 2.18. The Morgan fingerprint density at radius 3 is 2.85 bits per heavy atom. The van der Waals surface area contributed by atoms with E-state index in [4.69, 9.17) is 16.9 Å². The van der Waals surface area contributed by atoms with Gasteiger partial charge < -0.3 is 26.7 Å². The molecule has 33 heavy (non-hydrogen) atoms. The Morgan fingerprint density at radius 2 is 2.12 bits per heavy atom. The molecule has 0 spiro atoms. The van der Waals surface area contributed by atoms with Crippen LogP contribution >= 0.6 is 0 Å². The van der Waals surface area contributed by atoms with Crippen molar-refractivity contribution in [2.45, 2.75) is 13.0 Å². The van der Waals surface area contributed by atoms with E-state index in [1.165, 1.54) is 31.3 Å². The number of fused-ring (bicyclic) bond motifs is 1. The summed E-state index contributed by atoms with van der Waals surface area (Å²) in [5, 5.41) is 13.5. The van der Waals surface area contributed by atoms with Gasteiger partial charge in [-0.3, -0.25) is 10.4 Å². The summed E-state index contributed by atoms with van der Waals surface area (Å²) in [4.78, 5) is 9.81. The number of hydrogen-bond acceptors (Lipinski definition) is 6. The first-order valence-corrected chi connectivity index (χ1v) is 11.3. The zero-order chi connectivity index (χ0) is 23.4. The van der Waals surface area contributed by atoms with Gasteiger partial charge in [-0.1, -0.05) is 12.1 Å². The number of rotatable bonds is 8. The number of aromatic amines is 1. The molecule has 2 heterocycles. The second-order valence-corrected chi connectivity index (χ2v) is 8.84. The van der Waals surface area contributed by atoms with E-state index in [0.29, 0.717) is 17.0 Å². The fraction of sp³-hybridized carbons (Fsp3) is 0.308. The van der Waals surface area contributed by atoms with Crippen LogP contribution in [0.5, 0.6) is 0 Å². The number of aliphatic imine (C=N–C) groups is 1. The van der Waals surface area contributed by atoms with E-state index in [1.54, 1.807) is 19.3 Å². The predicted molar refractivity (Wildman–Crippen MR) is 139 cm³/mol. The van der Waals surface area contributed by atoms with Gasteiger partial charge in [0.1, 0.15) is 0 Å². The number of anilines is 1. The summed E-state index contributed by atoms with van der Waals surface area (Å²) in [7, 11) is 3.89.